The number of likely N-dealkylation sites (N-methyl/N-ethyl adjacent to an activating group) is 1. The maximum Gasteiger partial charge on any atom is 0.0589 e. The topological polar surface area (TPSA) is 38.5 Å². The summed E-state index contributed by atoms with van der Waals surface area (Å²) in [4.78, 5) is 2.53. The van der Waals surface area contributed by atoms with Crippen LogP contribution >= 0.6 is 0 Å². The van der Waals surface area contributed by atoms with E-state index in [0.717, 1.165) is 18.9 Å². The Morgan fingerprint density at radius 2 is 2.06 bits per heavy atom. The average molecular weight is 256 g/mol. The summed E-state index contributed by atoms with van der Waals surface area (Å²) in [6.45, 7) is 7.65. The Kier molecular flexibility index (Phi) is 6.09. The van der Waals surface area contributed by atoms with Gasteiger partial charge in [-0.2, -0.15) is 0 Å². The number of nitrogens with two attached hydrogens (primary N) is 1. The lowest BCUT2D eigenvalue weighted by Gasteiger charge is -2.49. The molecule has 2 N–H and O–H groups in total. The summed E-state index contributed by atoms with van der Waals surface area (Å²) < 4.78 is 5.58. The average Bonchev–Trinajstić information content (AvgIpc) is 2.36. The van der Waals surface area contributed by atoms with Crippen LogP contribution in [0.4, 0.5) is 0 Å². The first-order chi connectivity index (χ1) is 8.45. The molecule has 108 valence electrons. The second-order valence-corrected chi connectivity index (χ2v) is 6.47. The van der Waals surface area contributed by atoms with Crippen LogP contribution in [0, 0.1) is 5.92 Å². The number of hydrogen-bond acceptors (Lipinski definition) is 3. The third-order valence-corrected chi connectivity index (χ3v) is 4.71. The fourth-order valence-electron chi connectivity index (χ4n) is 3.45. The molecule has 3 heteroatoms. The number of hydrogen-bond donors (Lipinski definition) is 1. The lowest BCUT2D eigenvalue weighted by molar-refractivity contribution is -0.0279. The minimum absolute atomic E-state index is 0.146. The van der Waals surface area contributed by atoms with Gasteiger partial charge in [0.1, 0.15) is 0 Å². The molecule has 0 heterocycles. The van der Waals surface area contributed by atoms with Crippen molar-refractivity contribution >= 4 is 0 Å². The Bertz CT molecular complexity index is 245. The molecule has 0 aromatic heterocycles. The van der Waals surface area contributed by atoms with E-state index >= 15 is 0 Å². The molecule has 1 fully saturated rings. The maximum absolute atomic E-state index is 6.13. The zero-order valence-electron chi connectivity index (χ0n) is 12.9. The van der Waals surface area contributed by atoms with E-state index in [0.29, 0.717) is 12.1 Å². The van der Waals surface area contributed by atoms with Crippen LogP contribution < -0.4 is 5.73 Å². The minimum Gasteiger partial charge on any atom is -0.381 e. The molecule has 0 amide bonds. The summed E-state index contributed by atoms with van der Waals surface area (Å²) in [5, 5.41) is 0. The van der Waals surface area contributed by atoms with Crippen molar-refractivity contribution in [3.05, 3.63) is 0 Å². The molecule has 3 unspecified atom stereocenters. The predicted molar refractivity (Wildman–Crippen MR) is 77.7 cm³/mol. The van der Waals surface area contributed by atoms with E-state index in [1.165, 1.54) is 25.7 Å². The van der Waals surface area contributed by atoms with E-state index in [4.69, 9.17) is 10.5 Å². The van der Waals surface area contributed by atoms with Crippen LogP contribution in [0.25, 0.3) is 0 Å². The van der Waals surface area contributed by atoms with Gasteiger partial charge in [-0.3, -0.25) is 4.90 Å². The van der Waals surface area contributed by atoms with Gasteiger partial charge >= 0.3 is 0 Å². The van der Waals surface area contributed by atoms with Crippen molar-refractivity contribution in [1.29, 1.82) is 0 Å². The summed E-state index contributed by atoms with van der Waals surface area (Å²) in [5.41, 5.74) is 6.27. The van der Waals surface area contributed by atoms with Crippen molar-refractivity contribution in [3.63, 3.8) is 0 Å². The number of methoxy groups -OCH3 is 1. The van der Waals surface area contributed by atoms with Gasteiger partial charge in [-0.15, -0.1) is 0 Å². The van der Waals surface area contributed by atoms with Crippen LogP contribution in [-0.2, 0) is 4.74 Å². The summed E-state index contributed by atoms with van der Waals surface area (Å²) in [6.07, 6.45) is 6.33. The first kappa shape index (κ1) is 15.9. The summed E-state index contributed by atoms with van der Waals surface area (Å²) >= 11 is 0. The lowest BCUT2D eigenvalue weighted by atomic mass is 9.78. The first-order valence-corrected chi connectivity index (χ1v) is 7.41. The molecule has 3 atom stereocenters. The molecule has 0 bridgehead atoms. The van der Waals surface area contributed by atoms with E-state index in [2.05, 4.69) is 32.7 Å². The van der Waals surface area contributed by atoms with Gasteiger partial charge < -0.3 is 10.5 Å². The van der Waals surface area contributed by atoms with Crippen LogP contribution in [0.3, 0.4) is 0 Å². The molecule has 1 aliphatic rings. The second kappa shape index (κ2) is 6.88. The quantitative estimate of drug-likeness (QED) is 0.794. The van der Waals surface area contributed by atoms with E-state index < -0.39 is 0 Å². The van der Waals surface area contributed by atoms with E-state index in [-0.39, 0.29) is 5.54 Å². The van der Waals surface area contributed by atoms with Gasteiger partial charge in [0.2, 0.25) is 0 Å². The molecule has 18 heavy (non-hydrogen) atoms. The van der Waals surface area contributed by atoms with Gasteiger partial charge in [0.25, 0.3) is 0 Å². The zero-order valence-corrected chi connectivity index (χ0v) is 12.9. The van der Waals surface area contributed by atoms with Crippen molar-refractivity contribution in [3.8, 4) is 0 Å². The fraction of sp³-hybridized carbons (Fsp3) is 1.00. The molecule has 1 aliphatic carbocycles. The molecular formula is C15H32N2O. The van der Waals surface area contributed by atoms with Crippen LogP contribution in [0.15, 0.2) is 0 Å². The van der Waals surface area contributed by atoms with Crippen LogP contribution in [0.1, 0.15) is 52.9 Å². The first-order valence-electron chi connectivity index (χ1n) is 7.41. The fourth-order valence-corrected chi connectivity index (χ4v) is 3.45. The van der Waals surface area contributed by atoms with E-state index in [9.17, 15) is 0 Å². The molecule has 1 rings (SSSR count). The van der Waals surface area contributed by atoms with Gasteiger partial charge in [-0.05, 0) is 52.0 Å². The van der Waals surface area contributed by atoms with Crippen LogP contribution in [-0.4, -0.2) is 43.3 Å². The molecule has 0 aliphatic heterocycles. The van der Waals surface area contributed by atoms with Gasteiger partial charge in [0.05, 0.1) is 6.10 Å². The van der Waals surface area contributed by atoms with Crippen molar-refractivity contribution in [2.24, 2.45) is 11.7 Å². The number of nitrogens with zero attached hydrogens (tertiary/aromatic N) is 1. The Morgan fingerprint density at radius 3 is 2.56 bits per heavy atom. The number of ether oxygens (including phenoxy) is 1. The van der Waals surface area contributed by atoms with Crippen LogP contribution in [0.5, 0.6) is 0 Å². The molecule has 0 saturated heterocycles. The smallest absolute Gasteiger partial charge is 0.0589 e. The zero-order chi connectivity index (χ0) is 13.8. The Hall–Kier alpha value is -0.120. The van der Waals surface area contributed by atoms with E-state index in [1.54, 1.807) is 0 Å². The Labute approximate surface area is 113 Å². The molecule has 0 radical (unpaired) electrons. The highest BCUT2D eigenvalue weighted by atomic mass is 16.5. The summed E-state index contributed by atoms with van der Waals surface area (Å²) in [5.74, 6) is 0.735. The van der Waals surface area contributed by atoms with Crippen LogP contribution in [0.2, 0.25) is 0 Å². The lowest BCUT2D eigenvalue weighted by Crippen LogP contribution is -2.58. The molecule has 3 nitrogen and oxygen atoms in total. The highest BCUT2D eigenvalue weighted by Gasteiger charge is 2.40. The molecule has 0 aromatic carbocycles. The third kappa shape index (κ3) is 3.69. The second-order valence-electron chi connectivity index (χ2n) is 6.47. The normalized spacial score (nSPS) is 31.0. The Balaban J connectivity index is 2.73. The molecule has 0 spiro atoms. The van der Waals surface area contributed by atoms with Crippen molar-refractivity contribution in [2.45, 2.75) is 70.6 Å². The summed E-state index contributed by atoms with van der Waals surface area (Å²) in [7, 11) is 4.08. The van der Waals surface area contributed by atoms with E-state index in [1.807, 2.05) is 7.11 Å². The monoisotopic (exact) mass is 256 g/mol. The number of rotatable bonds is 6. The van der Waals surface area contributed by atoms with Crippen molar-refractivity contribution < 1.29 is 4.74 Å². The molecule has 0 aromatic rings. The molecular weight excluding hydrogens is 224 g/mol. The predicted octanol–water partition coefficient (Wildman–Crippen LogP) is 2.64. The van der Waals surface area contributed by atoms with Crippen molar-refractivity contribution in [1.82, 2.24) is 4.90 Å². The SMILES string of the molecule is COC1CCCC(CN)(N(C)C(C)CC(C)C)C1. The Morgan fingerprint density at radius 1 is 1.39 bits per heavy atom. The third-order valence-electron chi connectivity index (χ3n) is 4.71. The van der Waals surface area contributed by atoms with Gasteiger partial charge in [0.15, 0.2) is 0 Å². The summed E-state index contributed by atoms with van der Waals surface area (Å²) in [6, 6.07) is 0.587. The molecule has 1 saturated carbocycles. The largest absolute Gasteiger partial charge is 0.381 e. The van der Waals surface area contributed by atoms with Gasteiger partial charge in [0, 0.05) is 25.2 Å². The highest BCUT2D eigenvalue weighted by molar-refractivity contribution is 4.97. The minimum atomic E-state index is 0.146. The highest BCUT2D eigenvalue weighted by Crippen LogP contribution is 2.35. The van der Waals surface area contributed by atoms with Gasteiger partial charge in [-0.25, -0.2) is 0 Å². The maximum atomic E-state index is 6.13. The standard InChI is InChI=1S/C15H32N2O/c1-12(2)9-13(3)17(4)15(11-16)8-6-7-14(10-15)18-5/h12-14H,6-11,16H2,1-5H3. The van der Waals surface area contributed by atoms with Gasteiger partial charge in [-0.1, -0.05) is 13.8 Å². The van der Waals surface area contributed by atoms with Crippen molar-refractivity contribution in [2.75, 3.05) is 20.7 Å².